The number of carbonyl (C=O) groups is 1. The molecule has 7 heteroatoms. The zero-order valence-electron chi connectivity index (χ0n) is 14.2. The van der Waals surface area contributed by atoms with E-state index in [1.54, 1.807) is 4.57 Å². The van der Waals surface area contributed by atoms with Crippen LogP contribution in [0, 0.1) is 17.6 Å². The van der Waals surface area contributed by atoms with Crippen molar-refractivity contribution in [1.82, 2.24) is 20.1 Å². The molecule has 1 atom stereocenters. The van der Waals surface area contributed by atoms with Crippen molar-refractivity contribution in [2.45, 2.75) is 39.8 Å². The largest absolute Gasteiger partial charge is 0.393 e. The van der Waals surface area contributed by atoms with Crippen molar-refractivity contribution < 1.29 is 9.90 Å². The second-order valence-corrected chi connectivity index (χ2v) is 6.64. The maximum Gasteiger partial charge on any atom is 0.240 e. The van der Waals surface area contributed by atoms with Crippen molar-refractivity contribution in [2.75, 3.05) is 6.54 Å². The van der Waals surface area contributed by atoms with Crippen LogP contribution in [-0.2, 0) is 11.3 Å². The summed E-state index contributed by atoms with van der Waals surface area (Å²) in [6, 6.07) is 7.88. The lowest BCUT2D eigenvalue weighted by Gasteiger charge is -2.14. The highest BCUT2D eigenvalue weighted by Crippen LogP contribution is 2.18. The standard InChI is InChI=1S/C17H24N4O2S/c1-11(2)14(22)7-8-18-15(23)10-21-16(19-20-17(21)24)13-6-4-5-12(3)9-13/h4-6,9,11,14,22H,7-8,10H2,1-3H3,(H,18,23)(H,20,24). The van der Waals surface area contributed by atoms with Gasteiger partial charge in [-0.2, -0.15) is 5.10 Å². The number of aromatic nitrogens is 3. The van der Waals surface area contributed by atoms with Gasteiger partial charge in [-0.25, -0.2) is 0 Å². The molecule has 130 valence electrons. The summed E-state index contributed by atoms with van der Waals surface area (Å²) in [5, 5.41) is 19.6. The number of H-pyrrole nitrogens is 1. The van der Waals surface area contributed by atoms with Gasteiger partial charge in [0.15, 0.2) is 10.6 Å². The average Bonchev–Trinajstić information content (AvgIpc) is 2.88. The third-order valence-corrected chi connectivity index (χ3v) is 4.18. The van der Waals surface area contributed by atoms with Gasteiger partial charge in [0.2, 0.25) is 5.91 Å². The maximum absolute atomic E-state index is 12.2. The van der Waals surface area contributed by atoms with Crippen molar-refractivity contribution in [3.63, 3.8) is 0 Å². The predicted octanol–water partition coefficient (Wildman–Crippen LogP) is 2.44. The summed E-state index contributed by atoms with van der Waals surface area (Å²) in [6.45, 7) is 6.43. The van der Waals surface area contributed by atoms with Crippen LogP contribution in [0.1, 0.15) is 25.8 Å². The number of hydrogen-bond donors (Lipinski definition) is 3. The van der Waals surface area contributed by atoms with Crippen molar-refractivity contribution in [3.8, 4) is 11.4 Å². The SMILES string of the molecule is Cc1cccc(-c2n[nH]c(=S)n2CC(=O)NCCC(O)C(C)C)c1. The normalized spacial score (nSPS) is 12.4. The van der Waals surface area contributed by atoms with Crippen LogP contribution < -0.4 is 5.32 Å². The molecule has 2 aromatic rings. The molecule has 0 radical (unpaired) electrons. The van der Waals surface area contributed by atoms with E-state index >= 15 is 0 Å². The lowest BCUT2D eigenvalue weighted by molar-refractivity contribution is -0.121. The van der Waals surface area contributed by atoms with E-state index in [0.717, 1.165) is 11.1 Å². The van der Waals surface area contributed by atoms with Crippen LogP contribution in [0.5, 0.6) is 0 Å². The van der Waals surface area contributed by atoms with Crippen molar-refractivity contribution in [2.24, 2.45) is 5.92 Å². The molecule has 0 aliphatic rings. The molecule has 1 aromatic carbocycles. The lowest BCUT2D eigenvalue weighted by atomic mass is 10.0. The summed E-state index contributed by atoms with van der Waals surface area (Å²) in [5.41, 5.74) is 2.02. The number of rotatable bonds is 7. The molecule has 1 amide bonds. The van der Waals surface area contributed by atoms with E-state index in [-0.39, 0.29) is 18.4 Å². The van der Waals surface area contributed by atoms with Crippen LogP contribution in [0.25, 0.3) is 11.4 Å². The molecule has 2 rings (SSSR count). The fraction of sp³-hybridized carbons (Fsp3) is 0.471. The van der Waals surface area contributed by atoms with Gasteiger partial charge in [0.05, 0.1) is 6.10 Å². The molecule has 0 fully saturated rings. The Morgan fingerprint density at radius 1 is 1.46 bits per heavy atom. The van der Waals surface area contributed by atoms with Gasteiger partial charge in [-0.3, -0.25) is 14.5 Å². The second kappa shape index (κ2) is 8.21. The Balaban J connectivity index is 2.04. The molecular weight excluding hydrogens is 324 g/mol. The average molecular weight is 348 g/mol. The summed E-state index contributed by atoms with van der Waals surface area (Å²) in [4.78, 5) is 12.2. The van der Waals surface area contributed by atoms with Gasteiger partial charge in [0, 0.05) is 12.1 Å². The number of aliphatic hydroxyl groups excluding tert-OH is 1. The van der Waals surface area contributed by atoms with Gasteiger partial charge in [0.1, 0.15) is 6.54 Å². The van der Waals surface area contributed by atoms with E-state index in [1.165, 1.54) is 0 Å². The molecule has 1 heterocycles. The molecule has 0 aliphatic heterocycles. The van der Waals surface area contributed by atoms with E-state index in [0.29, 0.717) is 23.6 Å². The van der Waals surface area contributed by atoms with E-state index in [2.05, 4.69) is 15.5 Å². The van der Waals surface area contributed by atoms with Gasteiger partial charge < -0.3 is 10.4 Å². The number of aromatic amines is 1. The first-order valence-corrected chi connectivity index (χ1v) is 8.46. The minimum Gasteiger partial charge on any atom is -0.393 e. The van der Waals surface area contributed by atoms with Gasteiger partial charge in [-0.15, -0.1) is 0 Å². The monoisotopic (exact) mass is 348 g/mol. The number of benzene rings is 1. The molecule has 0 saturated carbocycles. The zero-order valence-corrected chi connectivity index (χ0v) is 15.1. The quantitative estimate of drug-likeness (QED) is 0.671. The molecule has 0 spiro atoms. The first kappa shape index (κ1) is 18.4. The van der Waals surface area contributed by atoms with Crippen LogP contribution in [-0.4, -0.2) is 38.4 Å². The minimum absolute atomic E-state index is 0.0936. The van der Waals surface area contributed by atoms with E-state index < -0.39 is 6.10 Å². The molecule has 6 nitrogen and oxygen atoms in total. The van der Waals surface area contributed by atoms with Crippen LogP contribution in [0.4, 0.5) is 0 Å². The van der Waals surface area contributed by atoms with Crippen molar-refractivity contribution >= 4 is 18.1 Å². The Hall–Kier alpha value is -1.99. The van der Waals surface area contributed by atoms with Gasteiger partial charge in [-0.1, -0.05) is 37.6 Å². The van der Waals surface area contributed by atoms with Crippen LogP contribution in [0.3, 0.4) is 0 Å². The maximum atomic E-state index is 12.2. The smallest absolute Gasteiger partial charge is 0.240 e. The van der Waals surface area contributed by atoms with Gasteiger partial charge in [0.25, 0.3) is 0 Å². The fourth-order valence-electron chi connectivity index (χ4n) is 2.36. The molecule has 3 N–H and O–H groups in total. The van der Waals surface area contributed by atoms with Gasteiger partial charge in [-0.05, 0) is 37.5 Å². The summed E-state index contributed by atoms with van der Waals surface area (Å²) >= 11 is 5.24. The number of aliphatic hydroxyl groups is 1. The Bertz CT molecular complexity index is 751. The number of carbonyl (C=O) groups excluding carboxylic acids is 1. The van der Waals surface area contributed by atoms with Crippen molar-refractivity contribution in [3.05, 3.63) is 34.6 Å². The van der Waals surface area contributed by atoms with E-state index in [9.17, 15) is 9.90 Å². The zero-order chi connectivity index (χ0) is 17.7. The number of nitrogens with zero attached hydrogens (tertiary/aromatic N) is 2. The number of nitrogens with one attached hydrogen (secondary N) is 2. The molecule has 0 aliphatic carbocycles. The Labute approximate surface area is 146 Å². The fourth-order valence-corrected chi connectivity index (χ4v) is 2.56. The number of aryl methyl sites for hydroxylation is 1. The molecule has 0 saturated heterocycles. The predicted molar refractivity (Wildman–Crippen MR) is 96.1 cm³/mol. The summed E-state index contributed by atoms with van der Waals surface area (Å²) < 4.78 is 2.09. The first-order valence-electron chi connectivity index (χ1n) is 8.05. The lowest BCUT2D eigenvalue weighted by Crippen LogP contribution is -2.31. The molecule has 0 bridgehead atoms. The molecule has 1 aromatic heterocycles. The van der Waals surface area contributed by atoms with Crippen LogP contribution >= 0.6 is 12.2 Å². The van der Waals surface area contributed by atoms with E-state index in [4.69, 9.17) is 12.2 Å². The Morgan fingerprint density at radius 3 is 2.88 bits per heavy atom. The summed E-state index contributed by atoms with van der Waals surface area (Å²) in [7, 11) is 0. The molecular formula is C17H24N4O2S. The number of amides is 1. The second-order valence-electron chi connectivity index (χ2n) is 6.26. The Morgan fingerprint density at radius 2 is 2.21 bits per heavy atom. The molecule has 1 unspecified atom stereocenters. The Kier molecular flexibility index (Phi) is 6.28. The number of hydrogen-bond acceptors (Lipinski definition) is 4. The highest BCUT2D eigenvalue weighted by Gasteiger charge is 2.13. The first-order chi connectivity index (χ1) is 11.4. The third kappa shape index (κ3) is 4.75. The third-order valence-electron chi connectivity index (χ3n) is 3.87. The van der Waals surface area contributed by atoms with Crippen LogP contribution in [0.2, 0.25) is 0 Å². The van der Waals surface area contributed by atoms with Crippen LogP contribution in [0.15, 0.2) is 24.3 Å². The summed E-state index contributed by atoms with van der Waals surface area (Å²) in [6.07, 6.45) is 0.120. The molecule has 24 heavy (non-hydrogen) atoms. The van der Waals surface area contributed by atoms with Crippen molar-refractivity contribution in [1.29, 1.82) is 0 Å². The van der Waals surface area contributed by atoms with E-state index in [1.807, 2.05) is 45.0 Å². The highest BCUT2D eigenvalue weighted by molar-refractivity contribution is 7.71. The minimum atomic E-state index is -0.413. The summed E-state index contributed by atoms with van der Waals surface area (Å²) in [5.74, 6) is 0.663. The van der Waals surface area contributed by atoms with Gasteiger partial charge >= 0.3 is 0 Å². The highest BCUT2D eigenvalue weighted by atomic mass is 32.1. The topological polar surface area (TPSA) is 82.9 Å².